The summed E-state index contributed by atoms with van der Waals surface area (Å²) in [6.07, 6.45) is 5.49. The maximum absolute atomic E-state index is 14.3. The largest absolute Gasteiger partial charge is 0.497 e. The number of hydrogen-bond acceptors (Lipinski definition) is 2. The minimum atomic E-state index is -0.202. The molecule has 0 bridgehead atoms. The molecule has 0 radical (unpaired) electrons. The Bertz CT molecular complexity index is 397. The topological polar surface area (TPSA) is 21.3 Å². The normalized spacial score (nSPS) is 24.6. The minimum Gasteiger partial charge on any atom is -0.497 e. The van der Waals surface area contributed by atoms with Gasteiger partial charge in [0.05, 0.1) is 7.11 Å². The molecule has 0 aromatic heterocycles. The van der Waals surface area contributed by atoms with E-state index in [2.05, 4.69) is 12.2 Å². The highest BCUT2D eigenvalue weighted by atomic mass is 19.1. The van der Waals surface area contributed by atoms with Gasteiger partial charge >= 0.3 is 0 Å². The molecule has 0 aliphatic carbocycles. The van der Waals surface area contributed by atoms with Crippen LogP contribution in [0.4, 0.5) is 4.39 Å². The second-order valence-electron chi connectivity index (χ2n) is 5.02. The fraction of sp³-hybridized carbons (Fsp3) is 0.600. The van der Waals surface area contributed by atoms with Gasteiger partial charge in [0.15, 0.2) is 0 Å². The molecule has 100 valence electrons. The van der Waals surface area contributed by atoms with E-state index in [9.17, 15) is 4.39 Å². The smallest absolute Gasteiger partial charge is 0.131 e. The molecule has 1 N–H and O–H groups in total. The van der Waals surface area contributed by atoms with Gasteiger partial charge in [-0.3, -0.25) is 0 Å². The summed E-state index contributed by atoms with van der Waals surface area (Å²) in [5.41, 5.74) is 0.583. The molecule has 1 aromatic rings. The molecule has 1 fully saturated rings. The molecule has 2 rings (SSSR count). The summed E-state index contributed by atoms with van der Waals surface area (Å²) < 4.78 is 19.3. The third kappa shape index (κ3) is 2.51. The molecule has 0 saturated carbocycles. The lowest BCUT2D eigenvalue weighted by Crippen LogP contribution is -2.42. The summed E-state index contributed by atoms with van der Waals surface area (Å²) in [5.74, 6) is 0.418. The number of rotatable bonds is 3. The molecule has 1 saturated heterocycles. The van der Waals surface area contributed by atoms with Gasteiger partial charge in [-0.05, 0) is 31.9 Å². The van der Waals surface area contributed by atoms with Crippen LogP contribution in [0.1, 0.15) is 44.6 Å². The Morgan fingerprint density at radius 1 is 1.33 bits per heavy atom. The van der Waals surface area contributed by atoms with Crippen molar-refractivity contribution in [1.29, 1.82) is 0 Å². The summed E-state index contributed by atoms with van der Waals surface area (Å²) in [4.78, 5) is 0. The van der Waals surface area contributed by atoms with Crippen LogP contribution in [0.25, 0.3) is 0 Å². The van der Waals surface area contributed by atoms with E-state index in [-0.39, 0.29) is 11.4 Å². The average Bonchev–Trinajstić information content (AvgIpc) is 2.64. The first-order valence-electron chi connectivity index (χ1n) is 6.81. The van der Waals surface area contributed by atoms with Gasteiger partial charge in [0.1, 0.15) is 11.6 Å². The Labute approximate surface area is 109 Å². The van der Waals surface area contributed by atoms with Crippen molar-refractivity contribution < 1.29 is 9.13 Å². The zero-order valence-corrected chi connectivity index (χ0v) is 11.3. The monoisotopic (exact) mass is 251 g/mol. The zero-order chi connectivity index (χ0) is 13.0. The molecule has 18 heavy (non-hydrogen) atoms. The number of benzene rings is 1. The van der Waals surface area contributed by atoms with Crippen molar-refractivity contribution in [3.63, 3.8) is 0 Å². The number of methoxy groups -OCH3 is 1. The van der Waals surface area contributed by atoms with Crippen LogP contribution in [0, 0.1) is 5.82 Å². The van der Waals surface area contributed by atoms with Crippen LogP contribution in [0.2, 0.25) is 0 Å². The average molecular weight is 251 g/mol. The summed E-state index contributed by atoms with van der Waals surface area (Å²) in [5, 5.41) is 3.56. The molecule has 1 unspecified atom stereocenters. The molecule has 3 heteroatoms. The van der Waals surface area contributed by atoms with Gasteiger partial charge in [0.2, 0.25) is 0 Å². The van der Waals surface area contributed by atoms with Crippen LogP contribution >= 0.6 is 0 Å². The minimum absolute atomic E-state index is 0.161. The van der Waals surface area contributed by atoms with Gasteiger partial charge in [-0.15, -0.1) is 0 Å². The first-order valence-corrected chi connectivity index (χ1v) is 6.81. The van der Waals surface area contributed by atoms with E-state index in [1.165, 1.54) is 18.9 Å². The fourth-order valence-electron chi connectivity index (χ4n) is 2.88. The molecule has 1 atom stereocenters. The predicted molar refractivity (Wildman–Crippen MR) is 71.4 cm³/mol. The molecule has 1 aromatic carbocycles. The van der Waals surface area contributed by atoms with Crippen LogP contribution in [0.15, 0.2) is 18.2 Å². The SMILES string of the molecule is CCC1(c2ccc(OC)cc2F)CCCCCN1. The summed E-state index contributed by atoms with van der Waals surface area (Å²) in [6.45, 7) is 3.10. The van der Waals surface area contributed by atoms with Crippen molar-refractivity contribution in [2.45, 2.75) is 44.6 Å². The highest BCUT2D eigenvalue weighted by Gasteiger charge is 2.33. The zero-order valence-electron chi connectivity index (χ0n) is 11.3. The molecular weight excluding hydrogens is 229 g/mol. The van der Waals surface area contributed by atoms with Gasteiger partial charge in [0.25, 0.3) is 0 Å². The Morgan fingerprint density at radius 2 is 2.17 bits per heavy atom. The van der Waals surface area contributed by atoms with Gasteiger partial charge in [-0.2, -0.15) is 0 Å². The van der Waals surface area contributed by atoms with Gasteiger partial charge in [-0.1, -0.05) is 25.8 Å². The van der Waals surface area contributed by atoms with Crippen LogP contribution in [0.3, 0.4) is 0 Å². The van der Waals surface area contributed by atoms with E-state index >= 15 is 0 Å². The van der Waals surface area contributed by atoms with Crippen LogP contribution in [0.5, 0.6) is 5.75 Å². The van der Waals surface area contributed by atoms with Gasteiger partial charge < -0.3 is 10.1 Å². The second-order valence-corrected chi connectivity index (χ2v) is 5.02. The third-order valence-electron chi connectivity index (χ3n) is 4.04. The van der Waals surface area contributed by atoms with E-state index in [0.29, 0.717) is 5.75 Å². The van der Waals surface area contributed by atoms with Gasteiger partial charge in [0, 0.05) is 17.2 Å². The maximum Gasteiger partial charge on any atom is 0.131 e. The lowest BCUT2D eigenvalue weighted by Gasteiger charge is -2.34. The van der Waals surface area contributed by atoms with E-state index in [1.807, 2.05) is 12.1 Å². The van der Waals surface area contributed by atoms with E-state index in [4.69, 9.17) is 4.74 Å². The van der Waals surface area contributed by atoms with Crippen molar-refractivity contribution in [2.24, 2.45) is 0 Å². The predicted octanol–water partition coefficient (Wildman–Crippen LogP) is 3.60. The van der Waals surface area contributed by atoms with E-state index < -0.39 is 0 Å². The Kier molecular flexibility index (Phi) is 4.23. The van der Waals surface area contributed by atoms with Crippen molar-refractivity contribution >= 4 is 0 Å². The number of hydrogen-bond donors (Lipinski definition) is 1. The number of halogens is 1. The molecule has 1 aliphatic rings. The van der Waals surface area contributed by atoms with Crippen molar-refractivity contribution in [3.8, 4) is 5.75 Å². The van der Waals surface area contributed by atoms with E-state index in [0.717, 1.165) is 31.4 Å². The second kappa shape index (κ2) is 5.70. The summed E-state index contributed by atoms with van der Waals surface area (Å²) >= 11 is 0. The van der Waals surface area contributed by atoms with Crippen LogP contribution < -0.4 is 10.1 Å². The molecule has 0 spiro atoms. The van der Waals surface area contributed by atoms with Gasteiger partial charge in [-0.25, -0.2) is 4.39 Å². The maximum atomic E-state index is 14.3. The molecule has 1 aliphatic heterocycles. The molecule has 2 nitrogen and oxygen atoms in total. The molecule has 1 heterocycles. The van der Waals surface area contributed by atoms with Crippen LogP contribution in [-0.2, 0) is 5.54 Å². The molecular formula is C15H22FNO. The Balaban J connectivity index is 2.36. The summed E-state index contributed by atoms with van der Waals surface area (Å²) in [6, 6.07) is 5.21. The first-order chi connectivity index (χ1) is 8.72. The Morgan fingerprint density at radius 3 is 2.83 bits per heavy atom. The Hall–Kier alpha value is -1.09. The lowest BCUT2D eigenvalue weighted by molar-refractivity contribution is 0.300. The number of ether oxygens (including phenoxy) is 1. The van der Waals surface area contributed by atoms with Crippen molar-refractivity contribution in [2.75, 3.05) is 13.7 Å². The first kappa shape index (κ1) is 13.3. The van der Waals surface area contributed by atoms with Crippen molar-refractivity contribution in [1.82, 2.24) is 5.32 Å². The highest BCUT2D eigenvalue weighted by molar-refractivity contribution is 5.33. The van der Waals surface area contributed by atoms with Crippen molar-refractivity contribution in [3.05, 3.63) is 29.6 Å². The lowest BCUT2D eigenvalue weighted by atomic mass is 9.83. The quantitative estimate of drug-likeness (QED) is 0.886. The standard InChI is InChI=1S/C15H22FNO/c1-3-15(9-5-4-6-10-17-15)13-8-7-12(18-2)11-14(13)16/h7-8,11,17H,3-6,9-10H2,1-2H3. The fourth-order valence-corrected chi connectivity index (χ4v) is 2.88. The number of nitrogens with one attached hydrogen (secondary N) is 1. The third-order valence-corrected chi connectivity index (χ3v) is 4.04. The highest BCUT2D eigenvalue weighted by Crippen LogP contribution is 2.35. The van der Waals surface area contributed by atoms with E-state index in [1.54, 1.807) is 7.11 Å². The van der Waals surface area contributed by atoms with Crippen LogP contribution in [-0.4, -0.2) is 13.7 Å². The molecule has 0 amide bonds. The summed E-state index contributed by atoms with van der Waals surface area (Å²) in [7, 11) is 1.56.